The van der Waals surface area contributed by atoms with Crippen LogP contribution < -0.4 is 10.1 Å². The van der Waals surface area contributed by atoms with Crippen LogP contribution in [0, 0.1) is 13.8 Å². The maximum absolute atomic E-state index is 12.4. The van der Waals surface area contributed by atoms with E-state index in [0.717, 1.165) is 27.6 Å². The molecule has 0 aliphatic heterocycles. The second-order valence-corrected chi connectivity index (χ2v) is 9.27. The van der Waals surface area contributed by atoms with Crippen molar-refractivity contribution in [3.8, 4) is 17.0 Å². The van der Waals surface area contributed by atoms with Crippen LogP contribution in [0.2, 0.25) is 5.02 Å². The highest BCUT2D eigenvalue weighted by atomic mass is 35.5. The van der Waals surface area contributed by atoms with E-state index in [4.69, 9.17) is 16.3 Å². The zero-order valence-electron chi connectivity index (χ0n) is 17.0. The van der Waals surface area contributed by atoms with E-state index in [1.54, 1.807) is 0 Å². The molecule has 4 rings (SSSR count). The Bertz CT molecular complexity index is 1200. The SMILES string of the molecule is Cc1ccc(-c2csc(NC(=O)Cc3csc(COc4ccc(Cl)c(C)c4)n3)n2)cc1. The number of aromatic nitrogens is 2. The van der Waals surface area contributed by atoms with Crippen LogP contribution >= 0.6 is 34.3 Å². The summed E-state index contributed by atoms with van der Waals surface area (Å²) >= 11 is 8.92. The summed E-state index contributed by atoms with van der Waals surface area (Å²) in [6.07, 6.45) is 0.190. The molecule has 158 valence electrons. The molecule has 0 aliphatic rings. The molecule has 5 nitrogen and oxygen atoms in total. The van der Waals surface area contributed by atoms with Gasteiger partial charge in [0.05, 0.1) is 17.8 Å². The van der Waals surface area contributed by atoms with Gasteiger partial charge in [0.1, 0.15) is 17.4 Å². The van der Waals surface area contributed by atoms with Gasteiger partial charge in [0.25, 0.3) is 0 Å². The summed E-state index contributed by atoms with van der Waals surface area (Å²) in [4.78, 5) is 21.4. The molecule has 0 saturated heterocycles. The van der Waals surface area contributed by atoms with Gasteiger partial charge >= 0.3 is 0 Å². The lowest BCUT2D eigenvalue weighted by Gasteiger charge is -2.05. The van der Waals surface area contributed by atoms with E-state index in [0.29, 0.717) is 22.5 Å². The number of hydrogen-bond donors (Lipinski definition) is 1. The van der Waals surface area contributed by atoms with Crippen LogP contribution in [-0.2, 0) is 17.8 Å². The van der Waals surface area contributed by atoms with Crippen molar-refractivity contribution in [3.05, 3.63) is 80.1 Å². The normalized spacial score (nSPS) is 10.8. The van der Waals surface area contributed by atoms with Crippen LogP contribution in [-0.4, -0.2) is 15.9 Å². The van der Waals surface area contributed by atoms with Gasteiger partial charge < -0.3 is 10.1 Å². The lowest BCUT2D eigenvalue weighted by molar-refractivity contribution is -0.115. The molecule has 0 radical (unpaired) electrons. The van der Waals surface area contributed by atoms with Crippen LogP contribution in [0.4, 0.5) is 5.13 Å². The van der Waals surface area contributed by atoms with Crippen molar-refractivity contribution < 1.29 is 9.53 Å². The minimum Gasteiger partial charge on any atom is -0.486 e. The summed E-state index contributed by atoms with van der Waals surface area (Å²) in [5.74, 6) is 0.598. The summed E-state index contributed by atoms with van der Waals surface area (Å²) in [6.45, 7) is 4.33. The number of carbonyl (C=O) groups excluding carboxylic acids is 1. The number of benzene rings is 2. The minimum atomic E-state index is -0.143. The zero-order valence-corrected chi connectivity index (χ0v) is 19.4. The van der Waals surface area contributed by atoms with Crippen LogP contribution in [0.15, 0.2) is 53.2 Å². The first kappa shape index (κ1) is 21.5. The van der Waals surface area contributed by atoms with Crippen molar-refractivity contribution in [2.45, 2.75) is 26.9 Å². The first-order valence-electron chi connectivity index (χ1n) is 9.61. The molecule has 1 N–H and O–H groups in total. The van der Waals surface area contributed by atoms with Gasteiger partial charge in [-0.15, -0.1) is 22.7 Å². The van der Waals surface area contributed by atoms with Crippen molar-refractivity contribution in [1.82, 2.24) is 9.97 Å². The Labute approximate surface area is 193 Å². The standard InChI is InChI=1S/C23H20ClN3O2S2/c1-14-3-5-16(6-4-14)20-13-31-23(26-20)27-21(28)10-17-12-30-22(25-17)11-29-18-7-8-19(24)15(2)9-18/h3-9,12-13H,10-11H2,1-2H3,(H,26,27,28). The maximum atomic E-state index is 12.4. The van der Waals surface area contributed by atoms with E-state index in [2.05, 4.69) is 15.3 Å². The van der Waals surface area contributed by atoms with E-state index in [-0.39, 0.29) is 12.3 Å². The number of carbonyl (C=O) groups is 1. The molecule has 31 heavy (non-hydrogen) atoms. The number of thiazole rings is 2. The Balaban J connectivity index is 1.31. The molecule has 0 spiro atoms. The molecule has 4 aromatic rings. The second kappa shape index (κ2) is 9.60. The molecule has 2 heterocycles. The monoisotopic (exact) mass is 469 g/mol. The van der Waals surface area contributed by atoms with Gasteiger partial charge in [-0.3, -0.25) is 4.79 Å². The van der Waals surface area contributed by atoms with Crippen LogP contribution in [0.1, 0.15) is 21.8 Å². The molecular formula is C23H20ClN3O2S2. The molecule has 1 amide bonds. The molecule has 8 heteroatoms. The lowest BCUT2D eigenvalue weighted by Crippen LogP contribution is -2.14. The highest BCUT2D eigenvalue weighted by Crippen LogP contribution is 2.26. The van der Waals surface area contributed by atoms with E-state index in [1.165, 1.54) is 28.2 Å². The van der Waals surface area contributed by atoms with Crippen LogP contribution in [0.25, 0.3) is 11.3 Å². The second-order valence-electron chi connectivity index (χ2n) is 7.06. The van der Waals surface area contributed by atoms with E-state index >= 15 is 0 Å². The predicted molar refractivity (Wildman–Crippen MR) is 127 cm³/mol. The average Bonchev–Trinajstić information content (AvgIpc) is 3.39. The summed E-state index contributed by atoms with van der Waals surface area (Å²) in [5.41, 5.74) is 4.75. The molecule has 0 aliphatic carbocycles. The maximum Gasteiger partial charge on any atom is 0.232 e. The molecular weight excluding hydrogens is 450 g/mol. The van der Waals surface area contributed by atoms with Gasteiger partial charge in [-0.2, -0.15) is 0 Å². The smallest absolute Gasteiger partial charge is 0.232 e. The average molecular weight is 470 g/mol. The zero-order chi connectivity index (χ0) is 21.8. The Kier molecular flexibility index (Phi) is 6.65. The van der Waals surface area contributed by atoms with Gasteiger partial charge in [0.15, 0.2) is 5.13 Å². The molecule has 0 bridgehead atoms. The summed E-state index contributed by atoms with van der Waals surface area (Å²) in [7, 11) is 0. The van der Waals surface area contributed by atoms with Crippen molar-refractivity contribution in [2.75, 3.05) is 5.32 Å². The summed E-state index contributed by atoms with van der Waals surface area (Å²) in [6, 6.07) is 13.7. The quantitative estimate of drug-likeness (QED) is 0.345. The van der Waals surface area contributed by atoms with Gasteiger partial charge in [0.2, 0.25) is 5.91 Å². The first-order valence-corrected chi connectivity index (χ1v) is 11.7. The van der Waals surface area contributed by atoms with Crippen LogP contribution in [0.5, 0.6) is 5.75 Å². The van der Waals surface area contributed by atoms with Crippen molar-refractivity contribution in [3.63, 3.8) is 0 Å². The van der Waals surface area contributed by atoms with Crippen molar-refractivity contribution in [2.24, 2.45) is 0 Å². The minimum absolute atomic E-state index is 0.143. The number of halogens is 1. The van der Waals surface area contributed by atoms with E-state index in [1.807, 2.05) is 67.1 Å². The van der Waals surface area contributed by atoms with Crippen LogP contribution in [0.3, 0.4) is 0 Å². The summed E-state index contributed by atoms with van der Waals surface area (Å²) in [5, 5.41) is 8.78. The number of ether oxygens (including phenoxy) is 1. The Hall–Kier alpha value is -2.74. The number of amides is 1. The number of nitrogens with zero attached hydrogens (tertiary/aromatic N) is 2. The molecule has 0 unspecified atom stereocenters. The molecule has 2 aromatic heterocycles. The molecule has 2 aromatic carbocycles. The summed E-state index contributed by atoms with van der Waals surface area (Å²) < 4.78 is 5.77. The Morgan fingerprint density at radius 1 is 1.06 bits per heavy atom. The number of nitrogens with one attached hydrogen (secondary N) is 1. The van der Waals surface area contributed by atoms with Crippen molar-refractivity contribution in [1.29, 1.82) is 0 Å². The third-order valence-electron chi connectivity index (χ3n) is 4.53. The van der Waals surface area contributed by atoms with Crippen molar-refractivity contribution >= 4 is 45.3 Å². The molecule has 0 fully saturated rings. The number of aryl methyl sites for hydroxylation is 2. The van der Waals surface area contributed by atoms with E-state index in [9.17, 15) is 4.79 Å². The predicted octanol–water partition coefficient (Wildman–Crippen LogP) is 6.30. The molecule has 0 saturated carbocycles. The Morgan fingerprint density at radius 2 is 1.87 bits per heavy atom. The third-order valence-corrected chi connectivity index (χ3v) is 6.58. The topological polar surface area (TPSA) is 64.1 Å². The fourth-order valence-electron chi connectivity index (χ4n) is 2.86. The fraction of sp³-hybridized carbons (Fsp3) is 0.174. The van der Waals surface area contributed by atoms with Gasteiger partial charge in [-0.1, -0.05) is 41.4 Å². The Morgan fingerprint density at radius 3 is 2.65 bits per heavy atom. The molecule has 0 atom stereocenters. The largest absolute Gasteiger partial charge is 0.486 e. The third kappa shape index (κ3) is 5.70. The van der Waals surface area contributed by atoms with E-state index < -0.39 is 0 Å². The fourth-order valence-corrected chi connectivity index (χ4v) is 4.42. The van der Waals surface area contributed by atoms with Gasteiger partial charge in [-0.05, 0) is 37.6 Å². The number of rotatable bonds is 7. The highest BCUT2D eigenvalue weighted by molar-refractivity contribution is 7.14. The highest BCUT2D eigenvalue weighted by Gasteiger charge is 2.12. The number of hydrogen-bond acceptors (Lipinski definition) is 6. The first-order chi connectivity index (χ1) is 15.0. The lowest BCUT2D eigenvalue weighted by atomic mass is 10.1. The number of anilines is 1. The van der Waals surface area contributed by atoms with Gasteiger partial charge in [0, 0.05) is 21.3 Å². The van der Waals surface area contributed by atoms with Gasteiger partial charge in [-0.25, -0.2) is 9.97 Å².